The highest BCUT2D eigenvalue weighted by atomic mass is 35.5. The summed E-state index contributed by atoms with van der Waals surface area (Å²) in [4.78, 5) is 29.0. The fraction of sp³-hybridized carbons (Fsp3) is 0.273. The van der Waals surface area contributed by atoms with Gasteiger partial charge in [0, 0.05) is 53.8 Å². The molecule has 42 heavy (non-hydrogen) atoms. The van der Waals surface area contributed by atoms with E-state index in [9.17, 15) is 4.79 Å². The molecule has 216 valence electrons. The monoisotopic (exact) mass is 600 g/mol. The summed E-state index contributed by atoms with van der Waals surface area (Å²) in [5.41, 5.74) is 6.58. The second-order valence-corrected chi connectivity index (χ2v) is 12.7. The number of carbonyl (C=O) groups excluding carboxylic acids is 1. The zero-order chi connectivity index (χ0) is 30.2. The number of hydrogen-bond acceptors (Lipinski definition) is 8. The Balaban J connectivity index is 1.70. The first-order chi connectivity index (χ1) is 19.9. The van der Waals surface area contributed by atoms with Crippen molar-refractivity contribution < 1.29 is 14.3 Å². The fourth-order valence-electron chi connectivity index (χ4n) is 4.79. The van der Waals surface area contributed by atoms with Crippen LogP contribution in [0.5, 0.6) is 0 Å². The van der Waals surface area contributed by atoms with Gasteiger partial charge in [-0.15, -0.1) is 11.3 Å². The minimum Gasteiger partial charge on any atom is -0.467 e. The molecule has 0 amide bonds. The van der Waals surface area contributed by atoms with E-state index in [2.05, 4.69) is 16.0 Å². The third kappa shape index (κ3) is 6.16. The number of rotatable bonds is 7. The zero-order valence-electron chi connectivity index (χ0n) is 24.7. The molecule has 0 bridgehead atoms. The molecule has 5 rings (SSSR count). The minimum atomic E-state index is -0.927. The van der Waals surface area contributed by atoms with Crippen molar-refractivity contribution >= 4 is 45.1 Å². The van der Waals surface area contributed by atoms with Gasteiger partial charge < -0.3 is 14.4 Å². The molecule has 0 fully saturated rings. The van der Waals surface area contributed by atoms with E-state index in [0.29, 0.717) is 11.0 Å². The third-order valence-electron chi connectivity index (χ3n) is 6.69. The quantitative estimate of drug-likeness (QED) is 0.174. The first-order valence-electron chi connectivity index (χ1n) is 13.5. The molecule has 2 aromatic heterocycles. The Kier molecular flexibility index (Phi) is 8.32. The summed E-state index contributed by atoms with van der Waals surface area (Å²) in [6, 6.07) is 17.8. The molecule has 0 aliphatic carbocycles. The second kappa shape index (κ2) is 11.8. The highest BCUT2D eigenvalue weighted by molar-refractivity contribution is 7.22. The van der Waals surface area contributed by atoms with Crippen LogP contribution in [0.3, 0.4) is 0 Å². The lowest BCUT2D eigenvalue weighted by molar-refractivity contribution is -0.164. The van der Waals surface area contributed by atoms with Gasteiger partial charge in [-0.1, -0.05) is 41.9 Å². The number of fused-ring (bicyclic) bond motifs is 1. The van der Waals surface area contributed by atoms with Gasteiger partial charge in [0.15, 0.2) is 6.10 Å². The predicted octanol–water partition coefficient (Wildman–Crippen LogP) is 8.14. The summed E-state index contributed by atoms with van der Waals surface area (Å²) >= 11 is 7.84. The van der Waals surface area contributed by atoms with Crippen LogP contribution in [0.15, 0.2) is 67.0 Å². The number of nitrogens with zero attached hydrogens (tertiary/aromatic N) is 4. The van der Waals surface area contributed by atoms with E-state index in [-0.39, 0.29) is 0 Å². The molecule has 9 heteroatoms. The Morgan fingerprint density at radius 3 is 2.24 bits per heavy atom. The number of ether oxygens (including phenoxy) is 2. The molecule has 5 aromatic rings. The molecule has 0 N–H and O–H groups in total. The third-order valence-corrected chi connectivity index (χ3v) is 8.08. The van der Waals surface area contributed by atoms with Crippen LogP contribution in [0.2, 0.25) is 5.02 Å². The van der Waals surface area contributed by atoms with Gasteiger partial charge in [0.25, 0.3) is 0 Å². The molecule has 1 atom stereocenters. The molecule has 1 unspecified atom stereocenters. The summed E-state index contributed by atoms with van der Waals surface area (Å²) in [5.74, 6) is 0.199. The van der Waals surface area contributed by atoms with Gasteiger partial charge in [-0.2, -0.15) is 0 Å². The van der Waals surface area contributed by atoms with E-state index >= 15 is 0 Å². The largest absolute Gasteiger partial charge is 0.467 e. The van der Waals surface area contributed by atoms with E-state index in [1.54, 1.807) is 11.3 Å². The predicted molar refractivity (Wildman–Crippen MR) is 171 cm³/mol. The van der Waals surface area contributed by atoms with Gasteiger partial charge in [0.2, 0.25) is 5.95 Å². The van der Waals surface area contributed by atoms with Crippen LogP contribution in [0.1, 0.15) is 38.0 Å². The van der Waals surface area contributed by atoms with Crippen molar-refractivity contribution in [3.63, 3.8) is 0 Å². The maximum atomic E-state index is 13.2. The van der Waals surface area contributed by atoms with Crippen molar-refractivity contribution in [3.8, 4) is 32.8 Å². The summed E-state index contributed by atoms with van der Waals surface area (Å²) in [7, 11) is 5.21. The minimum absolute atomic E-state index is 0.456. The van der Waals surface area contributed by atoms with Crippen LogP contribution in [-0.4, -0.2) is 47.7 Å². The van der Waals surface area contributed by atoms with Crippen LogP contribution in [0.25, 0.3) is 43.0 Å². The highest BCUT2D eigenvalue weighted by Crippen LogP contribution is 2.44. The fourth-order valence-corrected chi connectivity index (χ4v) is 6.04. The number of aryl methyl sites for hydroxylation is 1. The standard InChI is InChI=1S/C33H33ClN4O3S/c1-19-15-25-29(27(20-11-13-24(34)14-12-20)26(19)28(31(39)40-7)41-33(2,3)4)42-30(37-25)22-10-8-9-21(16-22)23-17-35-32(36-18-23)38(5)6/h8-18,28H,1-7H3. The van der Waals surface area contributed by atoms with E-state index in [1.165, 1.54) is 7.11 Å². The average Bonchev–Trinajstić information content (AvgIpc) is 3.39. The normalized spacial score (nSPS) is 12.4. The summed E-state index contributed by atoms with van der Waals surface area (Å²) in [6.07, 6.45) is 2.73. The van der Waals surface area contributed by atoms with E-state index in [0.717, 1.165) is 54.2 Å². The summed E-state index contributed by atoms with van der Waals surface area (Å²) in [6.45, 7) is 7.76. The molecule has 0 radical (unpaired) electrons. The number of methoxy groups -OCH3 is 1. The number of thiazole rings is 1. The number of hydrogen-bond donors (Lipinski definition) is 0. The first-order valence-corrected chi connectivity index (χ1v) is 14.7. The number of aromatic nitrogens is 3. The van der Waals surface area contributed by atoms with Crippen molar-refractivity contribution in [1.82, 2.24) is 15.0 Å². The first kappa shape index (κ1) is 29.6. The van der Waals surface area contributed by atoms with Gasteiger partial charge in [-0.25, -0.2) is 19.7 Å². The molecule has 0 saturated carbocycles. The van der Waals surface area contributed by atoms with Crippen molar-refractivity contribution in [2.75, 3.05) is 26.1 Å². The second-order valence-electron chi connectivity index (χ2n) is 11.2. The summed E-state index contributed by atoms with van der Waals surface area (Å²) in [5, 5.41) is 1.49. The lowest BCUT2D eigenvalue weighted by Gasteiger charge is -2.28. The van der Waals surface area contributed by atoms with Crippen LogP contribution in [0, 0.1) is 6.92 Å². The van der Waals surface area contributed by atoms with Gasteiger partial charge in [0.1, 0.15) is 5.01 Å². The van der Waals surface area contributed by atoms with Crippen molar-refractivity contribution in [1.29, 1.82) is 0 Å². The Labute approximate surface area is 255 Å². The Morgan fingerprint density at radius 2 is 1.62 bits per heavy atom. The Bertz CT molecular complexity index is 1740. The van der Waals surface area contributed by atoms with Gasteiger partial charge in [0.05, 0.1) is 22.9 Å². The van der Waals surface area contributed by atoms with Crippen molar-refractivity contribution in [2.45, 2.75) is 39.4 Å². The maximum absolute atomic E-state index is 13.2. The van der Waals surface area contributed by atoms with Crippen LogP contribution >= 0.6 is 22.9 Å². The lowest BCUT2D eigenvalue weighted by atomic mass is 9.91. The van der Waals surface area contributed by atoms with Gasteiger partial charge in [-0.3, -0.25) is 0 Å². The van der Waals surface area contributed by atoms with E-state index < -0.39 is 17.7 Å². The molecule has 0 saturated heterocycles. The molecule has 2 heterocycles. The smallest absolute Gasteiger partial charge is 0.339 e. The molecule has 3 aromatic carbocycles. The highest BCUT2D eigenvalue weighted by Gasteiger charge is 2.33. The Hall–Kier alpha value is -3.85. The number of esters is 1. The topological polar surface area (TPSA) is 77.4 Å². The molecule has 0 spiro atoms. The average molecular weight is 601 g/mol. The van der Waals surface area contributed by atoms with Crippen molar-refractivity contribution in [2.24, 2.45) is 0 Å². The Morgan fingerprint density at radius 1 is 0.952 bits per heavy atom. The number of carbonyl (C=O) groups is 1. The van der Waals surface area contributed by atoms with Crippen molar-refractivity contribution in [3.05, 3.63) is 83.1 Å². The molecular weight excluding hydrogens is 568 g/mol. The lowest BCUT2D eigenvalue weighted by Crippen LogP contribution is -2.29. The molecule has 7 nitrogen and oxygen atoms in total. The SMILES string of the molecule is COC(=O)C(OC(C)(C)C)c1c(C)cc2nc(-c3cccc(-c4cnc(N(C)C)nc4)c3)sc2c1-c1ccc(Cl)cc1. The summed E-state index contributed by atoms with van der Waals surface area (Å²) < 4.78 is 12.5. The van der Waals surface area contributed by atoms with Gasteiger partial charge in [-0.05, 0) is 68.7 Å². The number of benzene rings is 3. The van der Waals surface area contributed by atoms with Crippen LogP contribution < -0.4 is 4.90 Å². The molecule has 0 aliphatic heterocycles. The van der Waals surface area contributed by atoms with E-state index in [1.807, 2.05) is 108 Å². The zero-order valence-corrected chi connectivity index (χ0v) is 26.3. The van der Waals surface area contributed by atoms with Gasteiger partial charge >= 0.3 is 5.97 Å². The van der Waals surface area contributed by atoms with Crippen LogP contribution in [0.4, 0.5) is 5.95 Å². The molecular formula is C33H33ClN4O3S. The molecule has 0 aliphatic rings. The van der Waals surface area contributed by atoms with Crippen LogP contribution in [-0.2, 0) is 14.3 Å². The number of halogens is 1. The maximum Gasteiger partial charge on any atom is 0.339 e. The number of anilines is 1. The van der Waals surface area contributed by atoms with E-state index in [4.69, 9.17) is 26.1 Å².